The van der Waals surface area contributed by atoms with Gasteiger partial charge in [-0.25, -0.2) is 0 Å². The molecule has 1 heterocycles. The van der Waals surface area contributed by atoms with Gasteiger partial charge >= 0.3 is 5.00 Å². The van der Waals surface area contributed by atoms with Crippen LogP contribution in [0.15, 0.2) is 12.1 Å². The van der Waals surface area contributed by atoms with E-state index in [0.29, 0.717) is 0 Å². The first-order chi connectivity index (χ1) is 7.06. The summed E-state index contributed by atoms with van der Waals surface area (Å²) in [6.07, 6.45) is -2.68. The molecular formula is C8H8N2O4S. The highest BCUT2D eigenvalue weighted by Crippen LogP contribution is 2.30. The molecule has 1 aromatic rings. The van der Waals surface area contributed by atoms with E-state index in [4.69, 9.17) is 5.26 Å². The quantitative estimate of drug-likeness (QED) is 0.589. The number of nitrogens with zero attached hydrogens (tertiary/aromatic N) is 2. The van der Waals surface area contributed by atoms with Gasteiger partial charge in [-0.2, -0.15) is 5.26 Å². The van der Waals surface area contributed by atoms with E-state index in [1.54, 1.807) is 6.07 Å². The van der Waals surface area contributed by atoms with E-state index in [2.05, 4.69) is 0 Å². The van der Waals surface area contributed by atoms with E-state index in [0.717, 1.165) is 11.3 Å². The van der Waals surface area contributed by atoms with Crippen LogP contribution in [0.2, 0.25) is 0 Å². The van der Waals surface area contributed by atoms with Crippen LogP contribution in [0, 0.1) is 21.4 Å². The fourth-order valence-corrected chi connectivity index (χ4v) is 1.86. The van der Waals surface area contributed by atoms with Crippen LogP contribution in [-0.4, -0.2) is 21.2 Å². The predicted octanol–water partition coefficient (Wildman–Crippen LogP) is 0.964. The normalized spacial score (nSPS) is 14.2. The molecule has 0 aromatic carbocycles. The largest absolute Gasteiger partial charge is 0.389 e. The number of aliphatic hydroxyl groups is 2. The Labute approximate surface area is 89.2 Å². The van der Waals surface area contributed by atoms with Crippen molar-refractivity contribution in [2.24, 2.45) is 0 Å². The lowest BCUT2D eigenvalue weighted by molar-refractivity contribution is -0.380. The summed E-state index contributed by atoms with van der Waals surface area (Å²) in [5.41, 5.74) is 0. The van der Waals surface area contributed by atoms with E-state index in [1.165, 1.54) is 12.1 Å². The molecule has 7 heteroatoms. The van der Waals surface area contributed by atoms with Crippen molar-refractivity contribution < 1.29 is 15.1 Å². The first-order valence-corrected chi connectivity index (χ1v) is 4.85. The van der Waals surface area contributed by atoms with Gasteiger partial charge in [0.1, 0.15) is 6.10 Å². The minimum atomic E-state index is -1.25. The SMILES string of the molecule is N#CCC(O)C(O)c1ccc([N+](=O)[O-])s1. The summed E-state index contributed by atoms with van der Waals surface area (Å²) in [5.74, 6) is 0. The zero-order valence-corrected chi connectivity index (χ0v) is 8.35. The molecule has 0 aliphatic heterocycles. The lowest BCUT2D eigenvalue weighted by Gasteiger charge is -2.12. The van der Waals surface area contributed by atoms with Crippen LogP contribution in [0.5, 0.6) is 0 Å². The Morgan fingerprint density at radius 2 is 2.27 bits per heavy atom. The van der Waals surface area contributed by atoms with Crippen LogP contribution in [0.3, 0.4) is 0 Å². The van der Waals surface area contributed by atoms with Gasteiger partial charge in [0.05, 0.1) is 23.5 Å². The molecule has 80 valence electrons. The average molecular weight is 228 g/mol. The Balaban J connectivity index is 2.78. The Bertz CT molecular complexity index is 398. The molecule has 0 spiro atoms. The number of nitriles is 1. The van der Waals surface area contributed by atoms with Crippen LogP contribution in [0.1, 0.15) is 17.4 Å². The molecular weight excluding hydrogens is 220 g/mol. The highest BCUT2D eigenvalue weighted by molar-refractivity contribution is 7.15. The number of hydrogen-bond donors (Lipinski definition) is 2. The monoisotopic (exact) mass is 228 g/mol. The van der Waals surface area contributed by atoms with Crippen LogP contribution < -0.4 is 0 Å². The number of rotatable bonds is 4. The van der Waals surface area contributed by atoms with Crippen molar-refractivity contribution in [1.29, 1.82) is 5.26 Å². The highest BCUT2D eigenvalue weighted by atomic mass is 32.1. The minimum Gasteiger partial charge on any atom is -0.389 e. The molecule has 0 fully saturated rings. The van der Waals surface area contributed by atoms with Gasteiger partial charge in [-0.1, -0.05) is 11.3 Å². The number of aliphatic hydroxyl groups excluding tert-OH is 2. The standard InChI is InChI=1S/C8H8N2O4S/c9-4-3-5(11)8(12)6-1-2-7(15-6)10(13)14/h1-2,5,8,11-12H,3H2. The van der Waals surface area contributed by atoms with E-state index in [9.17, 15) is 20.3 Å². The van der Waals surface area contributed by atoms with Gasteiger partial charge in [0, 0.05) is 10.9 Å². The topological polar surface area (TPSA) is 107 Å². The average Bonchev–Trinajstić information content (AvgIpc) is 2.65. The third kappa shape index (κ3) is 2.73. The maximum atomic E-state index is 10.4. The smallest absolute Gasteiger partial charge is 0.324 e. The van der Waals surface area contributed by atoms with Gasteiger partial charge < -0.3 is 10.2 Å². The Kier molecular flexibility index (Phi) is 3.74. The first-order valence-electron chi connectivity index (χ1n) is 4.03. The molecule has 2 unspecified atom stereocenters. The summed E-state index contributed by atoms with van der Waals surface area (Å²) in [4.78, 5) is 10.1. The fraction of sp³-hybridized carbons (Fsp3) is 0.375. The highest BCUT2D eigenvalue weighted by Gasteiger charge is 2.22. The minimum absolute atomic E-state index is 0.104. The summed E-state index contributed by atoms with van der Waals surface area (Å²) >= 11 is 0.785. The lowest BCUT2D eigenvalue weighted by atomic mass is 10.1. The van der Waals surface area contributed by atoms with Crippen LogP contribution in [0.25, 0.3) is 0 Å². The van der Waals surface area contributed by atoms with Crippen LogP contribution in [-0.2, 0) is 0 Å². The lowest BCUT2D eigenvalue weighted by Crippen LogP contribution is -2.16. The summed E-state index contributed by atoms with van der Waals surface area (Å²) in [5, 5.41) is 37.3. The number of thiophene rings is 1. The van der Waals surface area contributed by atoms with Gasteiger partial charge in [-0.3, -0.25) is 10.1 Å². The summed E-state index contributed by atoms with van der Waals surface area (Å²) in [6.45, 7) is 0. The predicted molar refractivity (Wildman–Crippen MR) is 52.2 cm³/mol. The van der Waals surface area contributed by atoms with Gasteiger partial charge in [0.15, 0.2) is 0 Å². The summed E-state index contributed by atoms with van der Waals surface area (Å²) in [7, 11) is 0. The molecule has 2 N–H and O–H groups in total. The van der Waals surface area contributed by atoms with Crippen molar-refractivity contribution >= 4 is 16.3 Å². The molecule has 1 rings (SSSR count). The molecule has 0 aliphatic rings. The zero-order valence-electron chi connectivity index (χ0n) is 7.53. The van der Waals surface area contributed by atoms with Gasteiger partial charge in [0.25, 0.3) is 0 Å². The first kappa shape index (κ1) is 11.6. The molecule has 0 aliphatic carbocycles. The van der Waals surface area contributed by atoms with E-state index in [-0.39, 0.29) is 16.3 Å². The third-order valence-corrected chi connectivity index (χ3v) is 2.86. The van der Waals surface area contributed by atoms with Crippen molar-refractivity contribution in [3.63, 3.8) is 0 Å². The van der Waals surface area contributed by atoms with Crippen molar-refractivity contribution in [3.05, 3.63) is 27.1 Å². The Hall–Kier alpha value is -1.49. The van der Waals surface area contributed by atoms with Gasteiger partial charge in [-0.05, 0) is 6.07 Å². The Morgan fingerprint density at radius 1 is 1.60 bits per heavy atom. The second-order valence-corrected chi connectivity index (χ2v) is 3.90. The second kappa shape index (κ2) is 4.84. The third-order valence-electron chi connectivity index (χ3n) is 1.75. The maximum absolute atomic E-state index is 10.4. The van der Waals surface area contributed by atoms with E-state index < -0.39 is 17.1 Å². The van der Waals surface area contributed by atoms with E-state index >= 15 is 0 Å². The van der Waals surface area contributed by atoms with Crippen molar-refractivity contribution in [2.45, 2.75) is 18.6 Å². The van der Waals surface area contributed by atoms with Gasteiger partial charge in [-0.15, -0.1) is 0 Å². The molecule has 2 atom stereocenters. The summed E-state index contributed by atoms with van der Waals surface area (Å²) < 4.78 is 0. The number of nitro groups is 1. The molecule has 0 saturated heterocycles. The summed E-state index contributed by atoms with van der Waals surface area (Å²) in [6, 6.07) is 4.33. The Morgan fingerprint density at radius 3 is 2.73 bits per heavy atom. The molecule has 6 nitrogen and oxygen atoms in total. The van der Waals surface area contributed by atoms with Gasteiger partial charge in [0.2, 0.25) is 0 Å². The molecule has 0 bridgehead atoms. The molecule has 1 aromatic heterocycles. The number of hydrogen-bond acceptors (Lipinski definition) is 6. The molecule has 0 amide bonds. The molecule has 0 saturated carbocycles. The molecule has 15 heavy (non-hydrogen) atoms. The van der Waals surface area contributed by atoms with Crippen LogP contribution in [0.4, 0.5) is 5.00 Å². The zero-order chi connectivity index (χ0) is 11.4. The van der Waals surface area contributed by atoms with Crippen LogP contribution >= 0.6 is 11.3 Å². The molecule has 0 radical (unpaired) electrons. The maximum Gasteiger partial charge on any atom is 0.324 e. The van der Waals surface area contributed by atoms with Crippen molar-refractivity contribution in [2.75, 3.05) is 0 Å². The van der Waals surface area contributed by atoms with Crippen molar-refractivity contribution in [3.8, 4) is 6.07 Å². The second-order valence-electron chi connectivity index (χ2n) is 2.81. The fourth-order valence-electron chi connectivity index (χ4n) is 0.994. The van der Waals surface area contributed by atoms with E-state index in [1.807, 2.05) is 0 Å². The van der Waals surface area contributed by atoms with Crippen molar-refractivity contribution in [1.82, 2.24) is 0 Å².